The molecule has 5 heterocycles. The summed E-state index contributed by atoms with van der Waals surface area (Å²) in [7, 11) is 0. The molecule has 0 atom stereocenters. The molecule has 0 amide bonds. The number of fused-ring (bicyclic) bond motifs is 2. The lowest BCUT2D eigenvalue weighted by Gasteiger charge is -2.29. The zero-order valence-corrected chi connectivity index (χ0v) is 14.8. The van der Waals surface area contributed by atoms with Crippen LogP contribution in [0.2, 0.25) is 0 Å². The van der Waals surface area contributed by atoms with Crippen LogP contribution < -0.4 is 15.0 Å². The van der Waals surface area contributed by atoms with Crippen molar-refractivity contribution in [1.82, 2.24) is 19.7 Å². The van der Waals surface area contributed by atoms with Gasteiger partial charge in [0.25, 0.3) is 0 Å². The summed E-state index contributed by atoms with van der Waals surface area (Å²) in [5, 5.41) is 3.37. The Morgan fingerprint density at radius 2 is 2.04 bits per heavy atom. The van der Waals surface area contributed by atoms with Crippen molar-refractivity contribution in [2.45, 2.75) is 6.92 Å². The fourth-order valence-electron chi connectivity index (χ4n) is 3.53. The van der Waals surface area contributed by atoms with Gasteiger partial charge in [0.1, 0.15) is 23.8 Å². The van der Waals surface area contributed by atoms with Gasteiger partial charge in [0.15, 0.2) is 0 Å². The third-order valence-corrected chi connectivity index (χ3v) is 4.96. The Kier molecular flexibility index (Phi) is 3.64. The summed E-state index contributed by atoms with van der Waals surface area (Å²) in [5.74, 6) is 1.89. The lowest BCUT2D eigenvalue weighted by molar-refractivity contribution is 0.365. The predicted molar refractivity (Wildman–Crippen MR) is 103 cm³/mol. The molecule has 0 radical (unpaired) electrons. The summed E-state index contributed by atoms with van der Waals surface area (Å²) in [6.45, 7) is 6.57. The first-order chi connectivity index (χ1) is 12.8. The standard InChI is InChI=1S/C20H21N5O/c1-14-2-3-19-23-17(12-25(19)11-14)16-8-15-10-22-20(9-18(15)26-13-16)24-6-4-21-5-7-24/h2-3,8-12,21H,4-7,13H2,1H3. The van der Waals surface area contributed by atoms with Crippen LogP contribution in [0.25, 0.3) is 17.3 Å². The van der Waals surface area contributed by atoms with Crippen LogP contribution in [0.15, 0.2) is 36.8 Å². The summed E-state index contributed by atoms with van der Waals surface area (Å²) < 4.78 is 8.10. The molecule has 1 saturated heterocycles. The van der Waals surface area contributed by atoms with E-state index in [0.29, 0.717) is 6.61 Å². The molecule has 1 N–H and O–H groups in total. The quantitative estimate of drug-likeness (QED) is 0.771. The van der Waals surface area contributed by atoms with Crippen molar-refractivity contribution in [2.75, 3.05) is 37.7 Å². The van der Waals surface area contributed by atoms with E-state index in [9.17, 15) is 0 Å². The molecule has 0 aliphatic carbocycles. The number of imidazole rings is 1. The van der Waals surface area contributed by atoms with Gasteiger partial charge in [-0.1, -0.05) is 6.07 Å². The second-order valence-corrected chi connectivity index (χ2v) is 6.87. The Balaban J connectivity index is 1.46. The van der Waals surface area contributed by atoms with Crippen molar-refractivity contribution in [3.8, 4) is 5.75 Å². The second-order valence-electron chi connectivity index (χ2n) is 6.87. The number of anilines is 1. The molecule has 6 nitrogen and oxygen atoms in total. The Bertz CT molecular complexity index is 1000. The van der Waals surface area contributed by atoms with Crippen LogP contribution in [-0.4, -0.2) is 47.2 Å². The van der Waals surface area contributed by atoms with Crippen molar-refractivity contribution in [3.05, 3.63) is 53.6 Å². The number of ether oxygens (including phenoxy) is 1. The van der Waals surface area contributed by atoms with E-state index >= 15 is 0 Å². The molecule has 0 bridgehead atoms. The molecule has 26 heavy (non-hydrogen) atoms. The van der Waals surface area contributed by atoms with E-state index in [-0.39, 0.29) is 0 Å². The van der Waals surface area contributed by atoms with Gasteiger partial charge in [-0.2, -0.15) is 0 Å². The van der Waals surface area contributed by atoms with Crippen LogP contribution in [0.3, 0.4) is 0 Å². The third kappa shape index (κ3) is 2.72. The van der Waals surface area contributed by atoms with E-state index in [1.165, 1.54) is 5.56 Å². The van der Waals surface area contributed by atoms with Crippen molar-refractivity contribution in [2.24, 2.45) is 0 Å². The topological polar surface area (TPSA) is 54.7 Å². The van der Waals surface area contributed by atoms with Crippen molar-refractivity contribution in [3.63, 3.8) is 0 Å². The zero-order valence-electron chi connectivity index (χ0n) is 14.8. The molecule has 6 heteroatoms. The van der Waals surface area contributed by atoms with Gasteiger partial charge in [0, 0.05) is 62.0 Å². The normalized spacial score (nSPS) is 17.0. The summed E-state index contributed by atoms with van der Waals surface area (Å²) in [6, 6.07) is 6.17. The van der Waals surface area contributed by atoms with Crippen LogP contribution >= 0.6 is 0 Å². The molecule has 132 valence electrons. The van der Waals surface area contributed by atoms with Crippen LogP contribution in [0, 0.1) is 6.92 Å². The van der Waals surface area contributed by atoms with Crippen molar-refractivity contribution >= 4 is 23.1 Å². The van der Waals surface area contributed by atoms with Gasteiger partial charge in [-0.15, -0.1) is 0 Å². The number of rotatable bonds is 2. The lowest BCUT2D eigenvalue weighted by Crippen LogP contribution is -2.43. The summed E-state index contributed by atoms with van der Waals surface area (Å²) in [5.41, 5.74) is 5.20. The number of hydrogen-bond donors (Lipinski definition) is 1. The first-order valence-electron chi connectivity index (χ1n) is 9.01. The molecule has 2 aliphatic heterocycles. The number of aryl methyl sites for hydroxylation is 1. The molecule has 0 unspecified atom stereocenters. The molecule has 3 aromatic heterocycles. The van der Waals surface area contributed by atoms with Gasteiger partial charge in [-0.05, 0) is 24.6 Å². The van der Waals surface area contributed by atoms with Gasteiger partial charge < -0.3 is 19.4 Å². The summed E-state index contributed by atoms with van der Waals surface area (Å²) in [4.78, 5) is 11.7. The SMILES string of the molecule is Cc1ccc2nc(C3=Cc4cnc(N5CCNCC5)cc4OC3)cn2c1. The Morgan fingerprint density at radius 3 is 2.92 bits per heavy atom. The number of aromatic nitrogens is 3. The maximum absolute atomic E-state index is 6.04. The monoisotopic (exact) mass is 347 g/mol. The molecular weight excluding hydrogens is 326 g/mol. The third-order valence-electron chi connectivity index (χ3n) is 4.96. The fourth-order valence-corrected chi connectivity index (χ4v) is 3.53. The van der Waals surface area contributed by atoms with Crippen LogP contribution in [-0.2, 0) is 0 Å². The van der Waals surface area contributed by atoms with E-state index < -0.39 is 0 Å². The zero-order chi connectivity index (χ0) is 17.5. The number of nitrogens with one attached hydrogen (secondary N) is 1. The van der Waals surface area contributed by atoms with E-state index in [4.69, 9.17) is 9.72 Å². The number of pyridine rings is 2. The molecule has 5 rings (SSSR count). The first-order valence-corrected chi connectivity index (χ1v) is 9.01. The maximum atomic E-state index is 6.04. The van der Waals surface area contributed by atoms with Crippen LogP contribution in [0.1, 0.15) is 16.8 Å². The Hall–Kier alpha value is -2.86. The van der Waals surface area contributed by atoms with E-state index in [1.807, 2.05) is 12.3 Å². The Labute approximate surface area is 152 Å². The predicted octanol–water partition coefficient (Wildman–Crippen LogP) is 2.38. The highest BCUT2D eigenvalue weighted by atomic mass is 16.5. The van der Waals surface area contributed by atoms with Gasteiger partial charge >= 0.3 is 0 Å². The molecular formula is C20H21N5O. The van der Waals surface area contributed by atoms with Crippen LogP contribution in [0.5, 0.6) is 5.75 Å². The van der Waals surface area contributed by atoms with Gasteiger partial charge in [-0.25, -0.2) is 9.97 Å². The highest BCUT2D eigenvalue weighted by Gasteiger charge is 2.19. The number of hydrogen-bond acceptors (Lipinski definition) is 5. The first kappa shape index (κ1) is 15.4. The fraction of sp³-hybridized carbons (Fsp3) is 0.300. The van der Waals surface area contributed by atoms with E-state index in [1.54, 1.807) is 0 Å². The van der Waals surface area contributed by atoms with Gasteiger partial charge in [0.2, 0.25) is 0 Å². The minimum absolute atomic E-state index is 0.529. The Morgan fingerprint density at radius 1 is 1.15 bits per heavy atom. The van der Waals surface area contributed by atoms with Gasteiger partial charge in [0.05, 0.1) is 5.69 Å². The number of nitrogens with zero attached hydrogens (tertiary/aromatic N) is 4. The molecule has 0 aromatic carbocycles. The highest BCUT2D eigenvalue weighted by Crippen LogP contribution is 2.32. The molecule has 0 saturated carbocycles. The minimum atomic E-state index is 0.529. The van der Waals surface area contributed by atoms with E-state index in [2.05, 4.69) is 57.1 Å². The molecule has 1 fully saturated rings. The lowest BCUT2D eigenvalue weighted by atomic mass is 10.1. The highest BCUT2D eigenvalue weighted by molar-refractivity contribution is 5.85. The molecule has 3 aromatic rings. The van der Waals surface area contributed by atoms with E-state index in [0.717, 1.165) is 60.2 Å². The molecule has 2 aliphatic rings. The molecule has 0 spiro atoms. The second kappa shape index (κ2) is 6.14. The van der Waals surface area contributed by atoms with Crippen LogP contribution in [0.4, 0.5) is 5.82 Å². The van der Waals surface area contributed by atoms with Crippen molar-refractivity contribution in [1.29, 1.82) is 0 Å². The number of piperazine rings is 1. The summed E-state index contributed by atoms with van der Waals surface area (Å²) in [6.07, 6.45) is 8.20. The largest absolute Gasteiger partial charge is 0.488 e. The van der Waals surface area contributed by atoms with Gasteiger partial charge in [-0.3, -0.25) is 0 Å². The summed E-state index contributed by atoms with van der Waals surface area (Å²) >= 11 is 0. The average molecular weight is 347 g/mol. The average Bonchev–Trinajstić information content (AvgIpc) is 3.11. The smallest absolute Gasteiger partial charge is 0.137 e. The minimum Gasteiger partial charge on any atom is -0.488 e. The maximum Gasteiger partial charge on any atom is 0.137 e. The van der Waals surface area contributed by atoms with Crippen molar-refractivity contribution < 1.29 is 4.74 Å².